The molecule has 0 radical (unpaired) electrons. The van der Waals surface area contributed by atoms with Crippen molar-refractivity contribution in [2.45, 2.75) is 6.54 Å². The second-order valence-electron chi connectivity index (χ2n) is 5.09. The van der Waals surface area contributed by atoms with E-state index in [1.165, 1.54) is 11.3 Å². The van der Waals surface area contributed by atoms with Crippen molar-refractivity contribution < 1.29 is 0 Å². The van der Waals surface area contributed by atoms with Crippen molar-refractivity contribution in [1.82, 2.24) is 14.8 Å². The summed E-state index contributed by atoms with van der Waals surface area (Å²) in [7, 11) is 2.19. The lowest BCUT2D eigenvalue weighted by molar-refractivity contribution is 0.147. The predicted octanol–water partition coefficient (Wildman–Crippen LogP) is 2.56. The van der Waals surface area contributed by atoms with Gasteiger partial charge in [0.05, 0.1) is 5.69 Å². The van der Waals surface area contributed by atoms with Gasteiger partial charge in [0.15, 0.2) is 0 Å². The number of nitrogens with zero attached hydrogens (tertiary/aromatic N) is 3. The summed E-state index contributed by atoms with van der Waals surface area (Å²) in [6.45, 7) is 5.60. The maximum absolute atomic E-state index is 4.76. The maximum Gasteiger partial charge on any atom is 0.123 e. The maximum atomic E-state index is 4.76. The van der Waals surface area contributed by atoms with E-state index in [2.05, 4.69) is 46.5 Å². The molecule has 3 nitrogen and oxygen atoms in total. The van der Waals surface area contributed by atoms with Crippen LogP contribution in [-0.4, -0.2) is 48.0 Å². The van der Waals surface area contributed by atoms with Gasteiger partial charge in [0, 0.05) is 43.7 Å². The minimum absolute atomic E-state index is 0.983. The normalized spacial score (nSPS) is 17.7. The molecule has 0 spiro atoms. The van der Waals surface area contributed by atoms with Gasteiger partial charge in [-0.25, -0.2) is 4.98 Å². The van der Waals surface area contributed by atoms with Crippen LogP contribution in [0.5, 0.6) is 0 Å². The Morgan fingerprint density at radius 3 is 2.58 bits per heavy atom. The number of rotatable bonds is 3. The summed E-state index contributed by atoms with van der Waals surface area (Å²) < 4.78 is 0. The fourth-order valence-corrected chi connectivity index (χ4v) is 3.15. The first-order valence-electron chi connectivity index (χ1n) is 6.72. The average molecular weight is 273 g/mol. The van der Waals surface area contributed by atoms with Gasteiger partial charge in [-0.15, -0.1) is 11.3 Å². The monoisotopic (exact) mass is 273 g/mol. The second kappa shape index (κ2) is 5.82. The predicted molar refractivity (Wildman–Crippen MR) is 80.3 cm³/mol. The number of benzene rings is 1. The van der Waals surface area contributed by atoms with Crippen LogP contribution in [0.25, 0.3) is 10.6 Å². The van der Waals surface area contributed by atoms with Gasteiger partial charge in [0.2, 0.25) is 0 Å². The fourth-order valence-electron chi connectivity index (χ4n) is 2.33. The van der Waals surface area contributed by atoms with Crippen molar-refractivity contribution in [3.8, 4) is 10.6 Å². The first-order valence-corrected chi connectivity index (χ1v) is 7.60. The van der Waals surface area contributed by atoms with E-state index in [4.69, 9.17) is 4.98 Å². The van der Waals surface area contributed by atoms with Crippen LogP contribution in [-0.2, 0) is 6.54 Å². The van der Waals surface area contributed by atoms with Crippen LogP contribution in [0, 0.1) is 0 Å². The zero-order valence-electron chi connectivity index (χ0n) is 11.2. The first kappa shape index (κ1) is 12.8. The van der Waals surface area contributed by atoms with Gasteiger partial charge in [0.1, 0.15) is 5.01 Å². The Morgan fingerprint density at radius 2 is 1.84 bits per heavy atom. The molecule has 0 aliphatic carbocycles. The van der Waals surface area contributed by atoms with E-state index < -0.39 is 0 Å². The van der Waals surface area contributed by atoms with Gasteiger partial charge < -0.3 is 4.90 Å². The zero-order valence-corrected chi connectivity index (χ0v) is 12.1. The SMILES string of the molecule is CN1CCN(Cc2csc(-c3ccccc3)n2)CC1. The molecule has 0 atom stereocenters. The Morgan fingerprint density at radius 1 is 1.11 bits per heavy atom. The van der Waals surface area contributed by atoms with Gasteiger partial charge in [-0.2, -0.15) is 0 Å². The summed E-state index contributed by atoms with van der Waals surface area (Å²) in [6, 6.07) is 10.4. The van der Waals surface area contributed by atoms with Crippen molar-refractivity contribution >= 4 is 11.3 Å². The highest BCUT2D eigenvalue weighted by atomic mass is 32.1. The van der Waals surface area contributed by atoms with Crippen molar-refractivity contribution in [3.05, 3.63) is 41.4 Å². The van der Waals surface area contributed by atoms with E-state index in [-0.39, 0.29) is 0 Å². The van der Waals surface area contributed by atoms with Gasteiger partial charge in [-0.1, -0.05) is 30.3 Å². The number of thiazole rings is 1. The number of hydrogen-bond acceptors (Lipinski definition) is 4. The fraction of sp³-hybridized carbons (Fsp3) is 0.400. The quantitative estimate of drug-likeness (QED) is 0.857. The molecular weight excluding hydrogens is 254 g/mol. The van der Waals surface area contributed by atoms with E-state index in [0.29, 0.717) is 0 Å². The van der Waals surface area contributed by atoms with Crippen molar-refractivity contribution in [2.24, 2.45) is 0 Å². The smallest absolute Gasteiger partial charge is 0.123 e. The molecule has 0 N–H and O–H groups in total. The van der Waals surface area contributed by atoms with Crippen LogP contribution >= 0.6 is 11.3 Å². The zero-order chi connectivity index (χ0) is 13.1. The summed E-state index contributed by atoms with van der Waals surface area (Å²) in [5, 5.41) is 3.32. The third-order valence-corrected chi connectivity index (χ3v) is 4.49. The molecule has 19 heavy (non-hydrogen) atoms. The molecule has 100 valence electrons. The average Bonchev–Trinajstić information content (AvgIpc) is 2.91. The number of piperazine rings is 1. The lowest BCUT2D eigenvalue weighted by atomic mass is 10.2. The molecule has 1 aromatic carbocycles. The van der Waals surface area contributed by atoms with Gasteiger partial charge in [0.25, 0.3) is 0 Å². The first-order chi connectivity index (χ1) is 9.31. The van der Waals surface area contributed by atoms with Crippen LogP contribution in [0.2, 0.25) is 0 Å². The van der Waals surface area contributed by atoms with E-state index in [1.54, 1.807) is 11.3 Å². The molecule has 4 heteroatoms. The van der Waals surface area contributed by atoms with Crippen LogP contribution in [0.15, 0.2) is 35.7 Å². The number of likely N-dealkylation sites (N-methyl/N-ethyl adjacent to an activating group) is 1. The summed E-state index contributed by atoms with van der Waals surface area (Å²) in [6.07, 6.45) is 0. The molecular formula is C15H19N3S. The molecule has 3 rings (SSSR count). The van der Waals surface area contributed by atoms with E-state index in [9.17, 15) is 0 Å². The lowest BCUT2D eigenvalue weighted by Gasteiger charge is -2.31. The number of aromatic nitrogens is 1. The highest BCUT2D eigenvalue weighted by Gasteiger charge is 2.15. The Bertz CT molecular complexity index is 515. The summed E-state index contributed by atoms with van der Waals surface area (Å²) >= 11 is 1.74. The Labute approximate surface area is 118 Å². The molecule has 1 aromatic heterocycles. The molecule has 2 aromatic rings. The summed E-state index contributed by atoms with van der Waals surface area (Å²) in [4.78, 5) is 9.63. The van der Waals surface area contributed by atoms with Crippen LogP contribution < -0.4 is 0 Å². The second-order valence-corrected chi connectivity index (χ2v) is 5.95. The number of hydrogen-bond donors (Lipinski definition) is 0. The van der Waals surface area contributed by atoms with Crippen molar-refractivity contribution in [1.29, 1.82) is 0 Å². The third-order valence-electron chi connectivity index (χ3n) is 3.55. The van der Waals surface area contributed by atoms with E-state index >= 15 is 0 Å². The molecule has 0 amide bonds. The minimum atomic E-state index is 0.983. The van der Waals surface area contributed by atoms with E-state index in [0.717, 1.165) is 37.7 Å². The molecule has 1 fully saturated rings. The minimum Gasteiger partial charge on any atom is -0.304 e. The standard InChI is InChI=1S/C15H19N3S/c1-17-7-9-18(10-8-17)11-14-12-19-15(16-14)13-5-3-2-4-6-13/h2-6,12H,7-11H2,1H3. The Balaban J connectivity index is 1.65. The lowest BCUT2D eigenvalue weighted by Crippen LogP contribution is -2.43. The van der Waals surface area contributed by atoms with Crippen LogP contribution in [0.4, 0.5) is 0 Å². The molecule has 1 aliphatic heterocycles. The van der Waals surface area contributed by atoms with Crippen molar-refractivity contribution in [3.63, 3.8) is 0 Å². The van der Waals surface area contributed by atoms with Crippen LogP contribution in [0.3, 0.4) is 0 Å². The highest BCUT2D eigenvalue weighted by molar-refractivity contribution is 7.13. The van der Waals surface area contributed by atoms with Gasteiger partial charge in [-0.3, -0.25) is 4.90 Å². The Kier molecular flexibility index (Phi) is 3.92. The molecule has 0 unspecified atom stereocenters. The summed E-state index contributed by atoms with van der Waals surface area (Å²) in [5.74, 6) is 0. The molecule has 0 bridgehead atoms. The molecule has 0 saturated carbocycles. The van der Waals surface area contributed by atoms with Gasteiger partial charge >= 0.3 is 0 Å². The largest absolute Gasteiger partial charge is 0.304 e. The Hall–Kier alpha value is -1.23. The van der Waals surface area contributed by atoms with E-state index in [1.807, 2.05) is 6.07 Å². The molecule has 1 aliphatic rings. The van der Waals surface area contributed by atoms with Gasteiger partial charge in [-0.05, 0) is 7.05 Å². The summed E-state index contributed by atoms with van der Waals surface area (Å²) in [5.41, 5.74) is 2.42. The molecule has 2 heterocycles. The van der Waals surface area contributed by atoms with Crippen LogP contribution in [0.1, 0.15) is 5.69 Å². The van der Waals surface area contributed by atoms with Crippen molar-refractivity contribution in [2.75, 3.05) is 33.2 Å². The molecule has 1 saturated heterocycles. The third kappa shape index (κ3) is 3.21. The topological polar surface area (TPSA) is 19.4 Å². The highest BCUT2D eigenvalue weighted by Crippen LogP contribution is 2.23.